The van der Waals surface area contributed by atoms with Gasteiger partial charge >= 0.3 is 0 Å². The summed E-state index contributed by atoms with van der Waals surface area (Å²) in [7, 11) is 1.86. The van der Waals surface area contributed by atoms with Gasteiger partial charge in [0.15, 0.2) is 11.0 Å². The lowest BCUT2D eigenvalue weighted by Crippen LogP contribution is -2.28. The number of hydrogen-bond donors (Lipinski definition) is 0. The molecule has 2 aromatic heterocycles. The van der Waals surface area contributed by atoms with Crippen molar-refractivity contribution < 1.29 is 9.21 Å². The summed E-state index contributed by atoms with van der Waals surface area (Å²) < 4.78 is 7.48. The average Bonchev–Trinajstić information content (AvgIpc) is 3.59. The van der Waals surface area contributed by atoms with Crippen LogP contribution in [0.1, 0.15) is 29.3 Å². The Balaban J connectivity index is 1.35. The van der Waals surface area contributed by atoms with Gasteiger partial charge in [-0.3, -0.25) is 4.79 Å². The Hall–Kier alpha value is -3.36. The summed E-state index contributed by atoms with van der Waals surface area (Å²) in [6.07, 6.45) is 2.21. The van der Waals surface area contributed by atoms with Gasteiger partial charge in [-0.05, 0) is 36.8 Å². The summed E-state index contributed by atoms with van der Waals surface area (Å²) in [5.41, 5.74) is 3.83. The average molecular weight is 492 g/mol. The summed E-state index contributed by atoms with van der Waals surface area (Å²) >= 11 is 7.64. The lowest BCUT2D eigenvalue weighted by Gasteiger charge is -2.19. The highest BCUT2D eigenvalue weighted by Crippen LogP contribution is 2.34. The van der Waals surface area contributed by atoms with Gasteiger partial charge < -0.3 is 8.98 Å². The predicted octanol–water partition coefficient (Wildman–Crippen LogP) is 5.51. The number of hydrazone groups is 1. The SMILES string of the molecule is Cc1ccc(C2=NN(C(=O)CSc3nnc(-c4ccccc4Cl)n3C)[C@@H](c3ccco3)C2)cc1. The van der Waals surface area contributed by atoms with E-state index < -0.39 is 0 Å². The number of carbonyl (C=O) groups excluding carboxylic acids is 1. The molecule has 4 aromatic rings. The first kappa shape index (κ1) is 22.4. The fraction of sp³-hybridized carbons (Fsp3) is 0.200. The van der Waals surface area contributed by atoms with Crippen LogP contribution in [-0.2, 0) is 11.8 Å². The highest BCUT2D eigenvalue weighted by molar-refractivity contribution is 7.99. The molecule has 9 heteroatoms. The Morgan fingerprint density at radius 3 is 2.65 bits per heavy atom. The number of thioether (sulfide) groups is 1. The predicted molar refractivity (Wildman–Crippen MR) is 133 cm³/mol. The normalized spacial score (nSPS) is 15.6. The number of aromatic nitrogens is 3. The minimum atomic E-state index is -0.280. The molecule has 1 aliphatic rings. The third-order valence-electron chi connectivity index (χ3n) is 5.70. The summed E-state index contributed by atoms with van der Waals surface area (Å²) in [6.45, 7) is 2.04. The van der Waals surface area contributed by atoms with Gasteiger partial charge in [0.2, 0.25) is 0 Å². The number of rotatable bonds is 6. The van der Waals surface area contributed by atoms with Gasteiger partial charge in [-0.25, -0.2) is 5.01 Å². The third-order valence-corrected chi connectivity index (χ3v) is 7.03. The number of hydrogen-bond acceptors (Lipinski definition) is 6. The zero-order valence-electron chi connectivity index (χ0n) is 18.7. The number of carbonyl (C=O) groups is 1. The van der Waals surface area contributed by atoms with Crippen LogP contribution in [0, 0.1) is 6.92 Å². The van der Waals surface area contributed by atoms with E-state index in [1.807, 2.05) is 79.2 Å². The van der Waals surface area contributed by atoms with Crippen molar-refractivity contribution in [3.63, 3.8) is 0 Å². The monoisotopic (exact) mass is 491 g/mol. The van der Waals surface area contributed by atoms with Gasteiger partial charge in [-0.15, -0.1) is 10.2 Å². The van der Waals surface area contributed by atoms with Crippen molar-refractivity contribution in [2.75, 3.05) is 5.75 Å². The lowest BCUT2D eigenvalue weighted by atomic mass is 10.0. The molecule has 0 saturated carbocycles. The van der Waals surface area contributed by atoms with E-state index in [4.69, 9.17) is 21.1 Å². The molecule has 2 aromatic carbocycles. The van der Waals surface area contributed by atoms with Crippen LogP contribution in [0.4, 0.5) is 0 Å². The molecule has 0 N–H and O–H groups in total. The molecule has 0 bridgehead atoms. The molecule has 1 amide bonds. The Bertz CT molecular complexity index is 1350. The topological polar surface area (TPSA) is 76.5 Å². The summed E-state index contributed by atoms with van der Waals surface area (Å²) in [6, 6.07) is 19.1. The highest BCUT2D eigenvalue weighted by atomic mass is 35.5. The van der Waals surface area contributed by atoms with Gasteiger partial charge in [0, 0.05) is 19.0 Å². The fourth-order valence-corrected chi connectivity index (χ4v) is 4.86. The van der Waals surface area contributed by atoms with Crippen LogP contribution in [0.5, 0.6) is 0 Å². The molecule has 1 aliphatic heterocycles. The van der Waals surface area contributed by atoms with E-state index in [0.29, 0.717) is 28.2 Å². The van der Waals surface area contributed by atoms with Crippen molar-refractivity contribution in [1.82, 2.24) is 19.8 Å². The molecule has 0 saturated heterocycles. The quantitative estimate of drug-likeness (QED) is 0.332. The summed E-state index contributed by atoms with van der Waals surface area (Å²) in [5, 5.41) is 16.0. The Morgan fingerprint density at radius 1 is 1.12 bits per heavy atom. The van der Waals surface area contributed by atoms with E-state index in [2.05, 4.69) is 10.2 Å². The molecule has 0 fully saturated rings. The smallest absolute Gasteiger partial charge is 0.253 e. The standard InChI is InChI=1S/C25H22ClN5O2S/c1-16-9-11-17(12-10-16)20-14-21(22-8-5-13-33-22)31(29-20)23(32)15-34-25-28-27-24(30(25)2)18-6-3-4-7-19(18)26/h3-13,21H,14-15H2,1-2H3/t21-/m1/s1. The van der Waals surface area contributed by atoms with Crippen molar-refractivity contribution in [1.29, 1.82) is 0 Å². The number of nitrogens with zero attached hydrogens (tertiary/aromatic N) is 5. The molecule has 3 heterocycles. The Morgan fingerprint density at radius 2 is 1.91 bits per heavy atom. The number of furan rings is 1. The number of aryl methyl sites for hydroxylation is 1. The maximum atomic E-state index is 13.3. The maximum absolute atomic E-state index is 13.3. The maximum Gasteiger partial charge on any atom is 0.253 e. The molecule has 5 rings (SSSR count). The van der Waals surface area contributed by atoms with Gasteiger partial charge in [0.05, 0.1) is 22.8 Å². The van der Waals surface area contributed by atoms with E-state index in [9.17, 15) is 4.79 Å². The van der Waals surface area contributed by atoms with E-state index in [0.717, 1.165) is 16.8 Å². The van der Waals surface area contributed by atoms with Crippen LogP contribution in [0.15, 0.2) is 81.6 Å². The molecule has 0 radical (unpaired) electrons. The highest BCUT2D eigenvalue weighted by Gasteiger charge is 2.35. The number of halogens is 1. The van der Waals surface area contributed by atoms with Crippen molar-refractivity contribution >= 4 is 35.0 Å². The van der Waals surface area contributed by atoms with Crippen LogP contribution >= 0.6 is 23.4 Å². The molecular weight excluding hydrogens is 470 g/mol. The molecule has 0 aliphatic carbocycles. The van der Waals surface area contributed by atoms with Gasteiger partial charge in [0.1, 0.15) is 11.8 Å². The lowest BCUT2D eigenvalue weighted by molar-refractivity contribution is -0.130. The Kier molecular flexibility index (Phi) is 6.26. The van der Waals surface area contributed by atoms with Gasteiger partial charge in [0.25, 0.3) is 5.91 Å². The molecule has 7 nitrogen and oxygen atoms in total. The first-order chi connectivity index (χ1) is 16.5. The van der Waals surface area contributed by atoms with Gasteiger partial charge in [-0.1, -0.05) is 65.3 Å². The van der Waals surface area contributed by atoms with Crippen LogP contribution in [0.2, 0.25) is 5.02 Å². The fourth-order valence-electron chi connectivity index (χ4n) is 3.87. The third kappa shape index (κ3) is 4.38. The first-order valence-corrected chi connectivity index (χ1v) is 12.1. The Labute approximate surface area is 206 Å². The number of benzene rings is 2. The van der Waals surface area contributed by atoms with Crippen molar-refractivity contribution in [3.05, 3.63) is 88.8 Å². The van der Waals surface area contributed by atoms with E-state index in [-0.39, 0.29) is 17.7 Å². The summed E-state index contributed by atoms with van der Waals surface area (Å²) in [5.74, 6) is 1.39. The molecule has 172 valence electrons. The second-order valence-electron chi connectivity index (χ2n) is 8.02. The van der Waals surface area contributed by atoms with Crippen molar-refractivity contribution in [3.8, 4) is 11.4 Å². The van der Waals surface area contributed by atoms with Gasteiger partial charge in [-0.2, -0.15) is 5.10 Å². The second kappa shape index (κ2) is 9.48. The molecule has 0 spiro atoms. The number of amides is 1. The molecule has 34 heavy (non-hydrogen) atoms. The largest absolute Gasteiger partial charge is 0.467 e. The zero-order valence-corrected chi connectivity index (χ0v) is 20.3. The minimum absolute atomic E-state index is 0.129. The second-order valence-corrected chi connectivity index (χ2v) is 9.37. The molecule has 0 unspecified atom stereocenters. The van der Waals surface area contributed by atoms with Crippen LogP contribution in [-0.4, -0.2) is 37.1 Å². The first-order valence-electron chi connectivity index (χ1n) is 10.8. The van der Waals surface area contributed by atoms with E-state index >= 15 is 0 Å². The zero-order chi connectivity index (χ0) is 23.7. The van der Waals surface area contributed by atoms with Crippen molar-refractivity contribution in [2.45, 2.75) is 24.5 Å². The van der Waals surface area contributed by atoms with E-state index in [1.54, 1.807) is 6.26 Å². The van der Waals surface area contributed by atoms with E-state index in [1.165, 1.54) is 22.3 Å². The molecule has 1 atom stereocenters. The summed E-state index contributed by atoms with van der Waals surface area (Å²) in [4.78, 5) is 13.3. The van der Waals surface area contributed by atoms with Crippen LogP contribution < -0.4 is 0 Å². The van der Waals surface area contributed by atoms with Crippen LogP contribution in [0.25, 0.3) is 11.4 Å². The van der Waals surface area contributed by atoms with Crippen molar-refractivity contribution in [2.24, 2.45) is 12.1 Å². The minimum Gasteiger partial charge on any atom is -0.467 e. The molecular formula is C25H22ClN5O2S. The van der Waals surface area contributed by atoms with Crippen LogP contribution in [0.3, 0.4) is 0 Å².